The SMILES string of the molecule is COc1cccc(Cl)c1C(CN)Nc1ccc(Br)c(Cl)c1. The molecule has 3 nitrogen and oxygen atoms in total. The molecule has 112 valence electrons. The van der Waals surface area contributed by atoms with Crippen molar-refractivity contribution in [3.8, 4) is 5.75 Å². The fraction of sp³-hybridized carbons (Fsp3) is 0.200. The van der Waals surface area contributed by atoms with Gasteiger partial charge in [-0.2, -0.15) is 0 Å². The van der Waals surface area contributed by atoms with E-state index in [0.717, 1.165) is 15.7 Å². The van der Waals surface area contributed by atoms with Crippen LogP contribution in [0.2, 0.25) is 10.0 Å². The molecule has 0 bridgehead atoms. The van der Waals surface area contributed by atoms with Gasteiger partial charge in [0.25, 0.3) is 0 Å². The summed E-state index contributed by atoms with van der Waals surface area (Å²) in [6.07, 6.45) is 0. The average molecular weight is 390 g/mol. The van der Waals surface area contributed by atoms with Crippen LogP contribution in [0.15, 0.2) is 40.9 Å². The van der Waals surface area contributed by atoms with E-state index >= 15 is 0 Å². The Morgan fingerprint density at radius 1 is 1.24 bits per heavy atom. The Kier molecular flexibility index (Phi) is 5.76. The molecule has 0 aliphatic heterocycles. The lowest BCUT2D eigenvalue weighted by atomic mass is 10.0. The maximum Gasteiger partial charge on any atom is 0.125 e. The van der Waals surface area contributed by atoms with Crippen molar-refractivity contribution < 1.29 is 4.74 Å². The summed E-state index contributed by atoms with van der Waals surface area (Å²) in [5, 5.41) is 4.57. The van der Waals surface area contributed by atoms with E-state index in [4.69, 9.17) is 33.7 Å². The molecule has 0 saturated carbocycles. The summed E-state index contributed by atoms with van der Waals surface area (Å²) in [7, 11) is 1.61. The molecule has 2 aromatic carbocycles. The molecule has 6 heteroatoms. The minimum absolute atomic E-state index is 0.175. The molecule has 0 amide bonds. The second kappa shape index (κ2) is 7.36. The summed E-state index contributed by atoms with van der Waals surface area (Å²) >= 11 is 15.8. The molecule has 1 atom stereocenters. The predicted octanol–water partition coefficient (Wildman–Crippen LogP) is 4.88. The number of halogens is 3. The lowest BCUT2D eigenvalue weighted by Gasteiger charge is -2.22. The number of anilines is 1. The van der Waals surface area contributed by atoms with Gasteiger partial charge in [0.2, 0.25) is 0 Å². The van der Waals surface area contributed by atoms with Crippen LogP contribution in [0.3, 0.4) is 0 Å². The van der Waals surface area contributed by atoms with Gasteiger partial charge in [-0.05, 0) is 46.3 Å². The highest BCUT2D eigenvalue weighted by molar-refractivity contribution is 9.10. The van der Waals surface area contributed by atoms with Crippen LogP contribution in [0, 0.1) is 0 Å². The van der Waals surface area contributed by atoms with E-state index in [9.17, 15) is 0 Å². The Hall–Kier alpha value is -0.940. The molecule has 1 unspecified atom stereocenters. The van der Waals surface area contributed by atoms with Gasteiger partial charge < -0.3 is 15.8 Å². The van der Waals surface area contributed by atoms with Crippen molar-refractivity contribution in [2.75, 3.05) is 19.0 Å². The zero-order chi connectivity index (χ0) is 15.4. The van der Waals surface area contributed by atoms with Gasteiger partial charge in [-0.3, -0.25) is 0 Å². The van der Waals surface area contributed by atoms with Crippen molar-refractivity contribution in [1.29, 1.82) is 0 Å². The molecule has 0 heterocycles. The molecule has 2 rings (SSSR count). The summed E-state index contributed by atoms with van der Waals surface area (Å²) in [6, 6.07) is 11.0. The number of nitrogens with two attached hydrogens (primary N) is 1. The topological polar surface area (TPSA) is 47.3 Å². The zero-order valence-electron chi connectivity index (χ0n) is 11.4. The van der Waals surface area contributed by atoms with Gasteiger partial charge in [-0.15, -0.1) is 0 Å². The molecule has 0 aromatic heterocycles. The summed E-state index contributed by atoms with van der Waals surface area (Å²) in [6.45, 7) is 0.369. The highest BCUT2D eigenvalue weighted by atomic mass is 79.9. The van der Waals surface area contributed by atoms with Gasteiger partial charge in [-0.25, -0.2) is 0 Å². The molecular formula is C15H15BrCl2N2O. The average Bonchev–Trinajstić information content (AvgIpc) is 2.48. The minimum Gasteiger partial charge on any atom is -0.496 e. The van der Waals surface area contributed by atoms with Crippen LogP contribution >= 0.6 is 39.1 Å². The van der Waals surface area contributed by atoms with Crippen molar-refractivity contribution in [3.05, 3.63) is 56.5 Å². The van der Waals surface area contributed by atoms with Crippen LogP contribution in [-0.2, 0) is 0 Å². The van der Waals surface area contributed by atoms with E-state index in [0.29, 0.717) is 22.3 Å². The molecule has 0 fully saturated rings. The molecule has 0 saturated heterocycles. The quantitative estimate of drug-likeness (QED) is 0.766. The molecule has 0 aliphatic carbocycles. The summed E-state index contributed by atoms with van der Waals surface area (Å²) in [5.41, 5.74) is 7.59. The van der Waals surface area contributed by atoms with Gasteiger partial charge in [-0.1, -0.05) is 29.3 Å². The Bertz CT molecular complexity index is 637. The highest BCUT2D eigenvalue weighted by Gasteiger charge is 2.18. The van der Waals surface area contributed by atoms with E-state index in [2.05, 4.69) is 21.2 Å². The summed E-state index contributed by atoms with van der Waals surface area (Å²) < 4.78 is 6.22. The third-order valence-electron chi connectivity index (χ3n) is 3.08. The molecular weight excluding hydrogens is 375 g/mol. The molecule has 0 spiro atoms. The third-order valence-corrected chi connectivity index (χ3v) is 4.64. The summed E-state index contributed by atoms with van der Waals surface area (Å²) in [4.78, 5) is 0. The van der Waals surface area contributed by atoms with Gasteiger partial charge in [0, 0.05) is 27.3 Å². The van der Waals surface area contributed by atoms with Gasteiger partial charge in [0.15, 0.2) is 0 Å². The van der Waals surface area contributed by atoms with Crippen LogP contribution in [0.25, 0.3) is 0 Å². The second-order valence-corrected chi connectivity index (χ2v) is 6.09. The van der Waals surface area contributed by atoms with Crippen LogP contribution in [0.4, 0.5) is 5.69 Å². The standard InChI is InChI=1S/C15H15BrCl2N2O/c1-21-14-4-2-3-11(17)15(14)13(8-19)20-9-5-6-10(16)12(18)7-9/h2-7,13,20H,8,19H2,1H3. The third kappa shape index (κ3) is 3.83. The maximum atomic E-state index is 6.30. The lowest BCUT2D eigenvalue weighted by molar-refractivity contribution is 0.407. The fourth-order valence-electron chi connectivity index (χ4n) is 2.07. The van der Waals surface area contributed by atoms with Crippen LogP contribution in [0.5, 0.6) is 5.75 Å². The minimum atomic E-state index is -0.175. The zero-order valence-corrected chi connectivity index (χ0v) is 14.5. The van der Waals surface area contributed by atoms with Crippen molar-refractivity contribution in [2.45, 2.75) is 6.04 Å². The smallest absolute Gasteiger partial charge is 0.125 e. The Morgan fingerprint density at radius 2 is 2.00 bits per heavy atom. The van der Waals surface area contributed by atoms with Gasteiger partial charge >= 0.3 is 0 Å². The van der Waals surface area contributed by atoms with Crippen molar-refractivity contribution >= 4 is 44.8 Å². The Morgan fingerprint density at radius 3 is 2.62 bits per heavy atom. The molecule has 0 aliphatic rings. The van der Waals surface area contributed by atoms with Crippen molar-refractivity contribution in [1.82, 2.24) is 0 Å². The van der Waals surface area contributed by atoms with E-state index < -0.39 is 0 Å². The lowest BCUT2D eigenvalue weighted by Crippen LogP contribution is -2.21. The number of hydrogen-bond acceptors (Lipinski definition) is 3. The number of benzene rings is 2. The molecule has 2 aromatic rings. The van der Waals surface area contributed by atoms with E-state index in [1.807, 2.05) is 36.4 Å². The largest absolute Gasteiger partial charge is 0.496 e. The first-order valence-corrected chi connectivity index (χ1v) is 7.85. The van der Waals surface area contributed by atoms with Crippen molar-refractivity contribution in [2.24, 2.45) is 5.73 Å². The number of nitrogens with one attached hydrogen (secondary N) is 1. The second-order valence-electron chi connectivity index (χ2n) is 4.42. The number of methoxy groups -OCH3 is 1. The highest BCUT2D eigenvalue weighted by Crippen LogP contribution is 2.34. The van der Waals surface area contributed by atoms with Crippen LogP contribution < -0.4 is 15.8 Å². The predicted molar refractivity (Wildman–Crippen MR) is 92.6 cm³/mol. The van der Waals surface area contributed by atoms with E-state index in [-0.39, 0.29) is 6.04 Å². The monoisotopic (exact) mass is 388 g/mol. The fourth-order valence-corrected chi connectivity index (χ4v) is 2.79. The molecule has 0 radical (unpaired) electrons. The normalized spacial score (nSPS) is 12.0. The first-order chi connectivity index (χ1) is 10.1. The summed E-state index contributed by atoms with van der Waals surface area (Å²) in [5.74, 6) is 0.702. The molecule has 21 heavy (non-hydrogen) atoms. The van der Waals surface area contributed by atoms with E-state index in [1.165, 1.54) is 0 Å². The molecule has 3 N–H and O–H groups in total. The Labute approximate surface area is 142 Å². The number of ether oxygens (including phenoxy) is 1. The van der Waals surface area contributed by atoms with Gasteiger partial charge in [0.05, 0.1) is 18.2 Å². The van der Waals surface area contributed by atoms with Crippen LogP contribution in [0.1, 0.15) is 11.6 Å². The van der Waals surface area contributed by atoms with Gasteiger partial charge in [0.1, 0.15) is 5.75 Å². The van der Waals surface area contributed by atoms with Crippen LogP contribution in [-0.4, -0.2) is 13.7 Å². The van der Waals surface area contributed by atoms with Crippen molar-refractivity contribution in [3.63, 3.8) is 0 Å². The Balaban J connectivity index is 2.34. The number of hydrogen-bond donors (Lipinski definition) is 2. The number of rotatable bonds is 5. The maximum absolute atomic E-state index is 6.30. The first-order valence-electron chi connectivity index (χ1n) is 6.31. The first kappa shape index (κ1) is 16.4. The van der Waals surface area contributed by atoms with E-state index in [1.54, 1.807) is 7.11 Å².